The molecule has 1 aliphatic carbocycles. The van der Waals surface area contributed by atoms with Gasteiger partial charge in [-0.05, 0) is 48.8 Å². The molecule has 0 bridgehead atoms. The topological polar surface area (TPSA) is 42.0 Å². The first-order valence-corrected chi connectivity index (χ1v) is 8.39. The molecule has 1 unspecified atom stereocenters. The van der Waals surface area contributed by atoms with Gasteiger partial charge in [0.15, 0.2) is 0 Å². The van der Waals surface area contributed by atoms with Gasteiger partial charge in [-0.3, -0.25) is 4.79 Å². The minimum atomic E-state index is -0.0332. The second-order valence-electron chi connectivity index (χ2n) is 5.18. The standard InChI is InChI=1S/C17H18N2OS/c1-21-17-14(9-5-11-18-17)16(20)19-15-10-4-7-12-6-2-3-8-13(12)15/h2-3,5-6,8-9,11,15H,4,7,10H2,1H3,(H,19,20). The summed E-state index contributed by atoms with van der Waals surface area (Å²) < 4.78 is 0. The smallest absolute Gasteiger partial charge is 0.254 e. The lowest BCUT2D eigenvalue weighted by Gasteiger charge is -2.26. The molecular formula is C17H18N2OS. The van der Waals surface area contributed by atoms with E-state index < -0.39 is 0 Å². The van der Waals surface area contributed by atoms with Gasteiger partial charge >= 0.3 is 0 Å². The van der Waals surface area contributed by atoms with Crippen molar-refractivity contribution < 1.29 is 4.79 Å². The van der Waals surface area contributed by atoms with Gasteiger partial charge in [0.25, 0.3) is 5.91 Å². The van der Waals surface area contributed by atoms with Gasteiger partial charge < -0.3 is 5.32 Å². The number of amides is 1. The predicted octanol–water partition coefficient (Wildman–Crippen LogP) is 3.61. The van der Waals surface area contributed by atoms with E-state index in [1.54, 1.807) is 6.20 Å². The average Bonchev–Trinajstić information content (AvgIpc) is 2.55. The molecule has 0 fully saturated rings. The van der Waals surface area contributed by atoms with Crippen LogP contribution in [0.1, 0.15) is 40.4 Å². The van der Waals surface area contributed by atoms with Crippen LogP contribution in [-0.4, -0.2) is 17.1 Å². The number of fused-ring (bicyclic) bond motifs is 1. The number of pyridine rings is 1. The minimum absolute atomic E-state index is 0.0332. The third kappa shape index (κ3) is 2.95. The Morgan fingerprint density at radius 2 is 2.14 bits per heavy atom. The first-order chi connectivity index (χ1) is 10.3. The van der Waals surface area contributed by atoms with Gasteiger partial charge in [0.05, 0.1) is 11.6 Å². The van der Waals surface area contributed by atoms with Crippen molar-refractivity contribution in [2.75, 3.05) is 6.26 Å². The summed E-state index contributed by atoms with van der Waals surface area (Å²) in [6, 6.07) is 12.1. The summed E-state index contributed by atoms with van der Waals surface area (Å²) in [7, 11) is 0. The van der Waals surface area contributed by atoms with Crippen LogP contribution in [0.15, 0.2) is 47.6 Å². The molecule has 1 heterocycles. The Labute approximate surface area is 129 Å². The molecule has 2 aromatic rings. The molecule has 1 aromatic carbocycles. The van der Waals surface area contributed by atoms with Gasteiger partial charge in [-0.1, -0.05) is 24.3 Å². The molecular weight excluding hydrogens is 280 g/mol. The maximum Gasteiger partial charge on any atom is 0.254 e. The second-order valence-corrected chi connectivity index (χ2v) is 5.97. The molecule has 0 aliphatic heterocycles. The molecule has 1 atom stereocenters. The summed E-state index contributed by atoms with van der Waals surface area (Å²) in [5, 5.41) is 3.95. The van der Waals surface area contributed by atoms with E-state index in [4.69, 9.17) is 0 Å². The van der Waals surface area contributed by atoms with Crippen LogP contribution in [0.25, 0.3) is 0 Å². The van der Waals surface area contributed by atoms with Crippen LogP contribution in [0.2, 0.25) is 0 Å². The highest BCUT2D eigenvalue weighted by molar-refractivity contribution is 7.98. The SMILES string of the molecule is CSc1ncccc1C(=O)NC1CCCc2ccccc21. The zero-order chi connectivity index (χ0) is 14.7. The molecule has 1 aliphatic rings. The van der Waals surface area contributed by atoms with Crippen LogP contribution in [0, 0.1) is 0 Å². The molecule has 108 valence electrons. The fourth-order valence-corrected chi connectivity index (χ4v) is 3.41. The van der Waals surface area contributed by atoms with Gasteiger partial charge in [0.2, 0.25) is 0 Å². The van der Waals surface area contributed by atoms with Crippen molar-refractivity contribution in [1.29, 1.82) is 0 Å². The van der Waals surface area contributed by atoms with Crippen LogP contribution in [0.4, 0.5) is 0 Å². The van der Waals surface area contributed by atoms with E-state index in [0.717, 1.165) is 24.3 Å². The summed E-state index contributed by atoms with van der Waals surface area (Å²) >= 11 is 1.50. The van der Waals surface area contributed by atoms with E-state index in [-0.39, 0.29) is 11.9 Å². The van der Waals surface area contributed by atoms with E-state index >= 15 is 0 Å². The molecule has 1 aromatic heterocycles. The number of aromatic nitrogens is 1. The zero-order valence-corrected chi connectivity index (χ0v) is 12.8. The number of carbonyl (C=O) groups excluding carboxylic acids is 1. The first-order valence-electron chi connectivity index (χ1n) is 7.17. The van der Waals surface area contributed by atoms with Gasteiger partial charge in [-0.15, -0.1) is 11.8 Å². The molecule has 0 saturated carbocycles. The van der Waals surface area contributed by atoms with Crippen molar-refractivity contribution in [3.05, 3.63) is 59.3 Å². The Kier molecular flexibility index (Phi) is 4.25. The van der Waals surface area contributed by atoms with Crippen LogP contribution in [-0.2, 0) is 6.42 Å². The normalized spacial score (nSPS) is 17.1. The number of hydrogen-bond acceptors (Lipinski definition) is 3. The van der Waals surface area contributed by atoms with E-state index in [1.807, 2.05) is 24.5 Å². The first kappa shape index (κ1) is 14.1. The Hall–Kier alpha value is -1.81. The van der Waals surface area contributed by atoms with Crippen molar-refractivity contribution in [3.8, 4) is 0 Å². The largest absolute Gasteiger partial charge is 0.345 e. The number of rotatable bonds is 3. The van der Waals surface area contributed by atoms with Crippen molar-refractivity contribution in [2.45, 2.75) is 30.3 Å². The molecule has 0 saturated heterocycles. The minimum Gasteiger partial charge on any atom is -0.345 e. The third-order valence-electron chi connectivity index (χ3n) is 3.88. The predicted molar refractivity (Wildman–Crippen MR) is 85.6 cm³/mol. The molecule has 3 nitrogen and oxygen atoms in total. The Morgan fingerprint density at radius 1 is 1.29 bits per heavy atom. The highest BCUT2D eigenvalue weighted by Gasteiger charge is 2.22. The van der Waals surface area contributed by atoms with Gasteiger partial charge in [-0.25, -0.2) is 4.98 Å². The highest BCUT2D eigenvalue weighted by atomic mass is 32.2. The van der Waals surface area contributed by atoms with Crippen LogP contribution in [0.5, 0.6) is 0 Å². The van der Waals surface area contributed by atoms with E-state index in [9.17, 15) is 4.79 Å². The number of benzene rings is 1. The fourth-order valence-electron chi connectivity index (χ4n) is 2.87. The van der Waals surface area contributed by atoms with E-state index in [1.165, 1.54) is 22.9 Å². The number of nitrogens with zero attached hydrogens (tertiary/aromatic N) is 1. The quantitative estimate of drug-likeness (QED) is 0.880. The van der Waals surface area contributed by atoms with Gasteiger partial charge in [0, 0.05) is 6.20 Å². The van der Waals surface area contributed by atoms with Crippen molar-refractivity contribution >= 4 is 17.7 Å². The van der Waals surface area contributed by atoms with E-state index in [0.29, 0.717) is 5.56 Å². The summed E-state index contributed by atoms with van der Waals surface area (Å²) in [5.74, 6) is -0.0332. The summed E-state index contributed by atoms with van der Waals surface area (Å²) in [6.07, 6.45) is 6.88. The van der Waals surface area contributed by atoms with Crippen LogP contribution < -0.4 is 5.32 Å². The Morgan fingerprint density at radius 3 is 3.00 bits per heavy atom. The van der Waals surface area contributed by atoms with Gasteiger partial charge in [-0.2, -0.15) is 0 Å². The summed E-state index contributed by atoms with van der Waals surface area (Å²) in [4.78, 5) is 16.8. The lowest BCUT2D eigenvalue weighted by Crippen LogP contribution is -2.31. The third-order valence-corrected chi connectivity index (χ3v) is 4.60. The summed E-state index contributed by atoms with van der Waals surface area (Å²) in [6.45, 7) is 0. The number of hydrogen-bond donors (Lipinski definition) is 1. The fraction of sp³-hybridized carbons (Fsp3) is 0.294. The highest BCUT2D eigenvalue weighted by Crippen LogP contribution is 2.30. The molecule has 21 heavy (non-hydrogen) atoms. The van der Waals surface area contributed by atoms with Crippen molar-refractivity contribution in [2.24, 2.45) is 0 Å². The second kappa shape index (κ2) is 6.31. The maximum absolute atomic E-state index is 12.5. The lowest BCUT2D eigenvalue weighted by molar-refractivity contribution is 0.0929. The molecule has 1 amide bonds. The van der Waals surface area contributed by atoms with Crippen molar-refractivity contribution in [3.63, 3.8) is 0 Å². The lowest BCUT2D eigenvalue weighted by atomic mass is 9.87. The Balaban J connectivity index is 1.83. The number of nitrogens with one attached hydrogen (secondary N) is 1. The number of carbonyl (C=O) groups is 1. The monoisotopic (exact) mass is 298 g/mol. The van der Waals surface area contributed by atoms with E-state index in [2.05, 4.69) is 28.5 Å². The molecule has 0 radical (unpaired) electrons. The van der Waals surface area contributed by atoms with Crippen LogP contribution in [0.3, 0.4) is 0 Å². The molecule has 3 rings (SSSR count). The molecule has 0 spiro atoms. The van der Waals surface area contributed by atoms with Crippen molar-refractivity contribution in [1.82, 2.24) is 10.3 Å². The Bertz CT molecular complexity index is 657. The zero-order valence-electron chi connectivity index (χ0n) is 12.0. The molecule has 1 N–H and O–H groups in total. The number of aryl methyl sites for hydroxylation is 1. The number of thioether (sulfide) groups is 1. The molecule has 4 heteroatoms. The average molecular weight is 298 g/mol. The summed E-state index contributed by atoms with van der Waals surface area (Å²) in [5.41, 5.74) is 3.27. The maximum atomic E-state index is 12.5. The van der Waals surface area contributed by atoms with Gasteiger partial charge in [0.1, 0.15) is 5.03 Å². The van der Waals surface area contributed by atoms with Crippen LogP contribution >= 0.6 is 11.8 Å².